The predicted molar refractivity (Wildman–Crippen MR) is 105 cm³/mol. The Bertz CT molecular complexity index is 738. The number of likely N-dealkylation sites (tertiary alicyclic amines) is 1. The molecule has 0 saturated carbocycles. The Balaban J connectivity index is 1.23. The second kappa shape index (κ2) is 8.08. The molecule has 7 nitrogen and oxygen atoms in total. The fraction of sp³-hybridized carbons (Fsp3) is 0.550. The zero-order chi connectivity index (χ0) is 18.6. The van der Waals surface area contributed by atoms with Crippen molar-refractivity contribution in [2.45, 2.75) is 37.8 Å². The fourth-order valence-corrected chi connectivity index (χ4v) is 3.98. The molecule has 0 bridgehead atoms. The first kappa shape index (κ1) is 18.0. The van der Waals surface area contributed by atoms with Crippen LogP contribution in [0.25, 0.3) is 0 Å². The maximum absolute atomic E-state index is 12.4. The molecule has 1 amide bonds. The minimum atomic E-state index is -0.0365. The van der Waals surface area contributed by atoms with E-state index in [0.29, 0.717) is 24.2 Å². The minimum absolute atomic E-state index is 0.0365. The van der Waals surface area contributed by atoms with Crippen molar-refractivity contribution in [1.82, 2.24) is 25.0 Å². The number of nitrogens with one attached hydrogen (secondary N) is 1. The first-order chi connectivity index (χ1) is 13.2. The van der Waals surface area contributed by atoms with Crippen LogP contribution in [0.15, 0.2) is 36.8 Å². The van der Waals surface area contributed by atoms with Gasteiger partial charge in [-0.25, -0.2) is 4.98 Å². The molecule has 2 saturated heterocycles. The van der Waals surface area contributed by atoms with E-state index >= 15 is 0 Å². The molecular weight excluding hydrogens is 340 g/mol. The van der Waals surface area contributed by atoms with Crippen LogP contribution in [0, 0.1) is 0 Å². The van der Waals surface area contributed by atoms with Gasteiger partial charge in [0, 0.05) is 44.3 Å². The standard InChI is InChI=1S/C20H28N6O/c1-24-11-3-2-5-17(24)8-10-21-20(27)16-6-7-19(22-13-16)25-14-18(15-25)26-12-4-9-23-26/h4,6-7,9,12-13,17-18H,2-3,5,8,10-11,14-15H2,1H3,(H,21,27)/t17-/m0/s1. The molecule has 1 atom stereocenters. The highest BCUT2D eigenvalue weighted by Crippen LogP contribution is 2.25. The van der Waals surface area contributed by atoms with E-state index in [1.54, 1.807) is 12.4 Å². The SMILES string of the molecule is CN1CCCC[C@H]1CCNC(=O)c1ccc(N2CC(n3cccn3)C2)nc1. The van der Waals surface area contributed by atoms with E-state index in [1.165, 1.54) is 25.8 Å². The number of piperidine rings is 1. The molecule has 0 spiro atoms. The van der Waals surface area contributed by atoms with Crippen molar-refractivity contribution in [1.29, 1.82) is 0 Å². The van der Waals surface area contributed by atoms with Gasteiger partial charge in [-0.1, -0.05) is 6.42 Å². The van der Waals surface area contributed by atoms with Gasteiger partial charge < -0.3 is 15.1 Å². The number of rotatable bonds is 6. The van der Waals surface area contributed by atoms with E-state index < -0.39 is 0 Å². The second-order valence-corrected chi connectivity index (χ2v) is 7.62. The number of amides is 1. The minimum Gasteiger partial charge on any atom is -0.352 e. The molecule has 0 aliphatic carbocycles. The summed E-state index contributed by atoms with van der Waals surface area (Å²) >= 11 is 0. The number of pyridine rings is 1. The van der Waals surface area contributed by atoms with Gasteiger partial charge in [-0.05, 0) is 51.1 Å². The van der Waals surface area contributed by atoms with Crippen molar-refractivity contribution >= 4 is 11.7 Å². The van der Waals surface area contributed by atoms with Crippen LogP contribution in [0.1, 0.15) is 42.1 Å². The van der Waals surface area contributed by atoms with Crippen LogP contribution < -0.4 is 10.2 Å². The maximum Gasteiger partial charge on any atom is 0.252 e. The lowest BCUT2D eigenvalue weighted by Gasteiger charge is -2.40. The summed E-state index contributed by atoms with van der Waals surface area (Å²) in [5.74, 6) is 0.879. The van der Waals surface area contributed by atoms with Crippen molar-refractivity contribution in [3.05, 3.63) is 42.4 Å². The summed E-state index contributed by atoms with van der Waals surface area (Å²) in [6.45, 7) is 3.68. The van der Waals surface area contributed by atoms with E-state index in [9.17, 15) is 4.79 Å². The van der Waals surface area contributed by atoms with Crippen LogP contribution >= 0.6 is 0 Å². The Morgan fingerprint density at radius 1 is 1.30 bits per heavy atom. The molecule has 0 aromatic carbocycles. The topological polar surface area (TPSA) is 66.3 Å². The number of anilines is 1. The summed E-state index contributed by atoms with van der Waals surface area (Å²) in [4.78, 5) is 21.4. The molecule has 4 heterocycles. The molecule has 0 unspecified atom stereocenters. The van der Waals surface area contributed by atoms with Gasteiger partial charge >= 0.3 is 0 Å². The Hall–Kier alpha value is -2.41. The van der Waals surface area contributed by atoms with Crippen LogP contribution in [-0.2, 0) is 0 Å². The van der Waals surface area contributed by atoms with Crippen molar-refractivity contribution in [3.8, 4) is 0 Å². The van der Waals surface area contributed by atoms with E-state index in [1.807, 2.05) is 29.1 Å². The van der Waals surface area contributed by atoms with Crippen LogP contribution in [0.4, 0.5) is 5.82 Å². The lowest BCUT2D eigenvalue weighted by Crippen LogP contribution is -2.48. The highest BCUT2D eigenvalue weighted by atomic mass is 16.1. The van der Waals surface area contributed by atoms with Crippen molar-refractivity contribution in [3.63, 3.8) is 0 Å². The zero-order valence-electron chi connectivity index (χ0n) is 15.9. The molecule has 2 aromatic rings. The first-order valence-corrected chi connectivity index (χ1v) is 9.89. The summed E-state index contributed by atoms with van der Waals surface area (Å²) in [5.41, 5.74) is 0.625. The third-order valence-corrected chi connectivity index (χ3v) is 5.78. The van der Waals surface area contributed by atoms with Gasteiger partial charge in [0.25, 0.3) is 5.91 Å². The quantitative estimate of drug-likeness (QED) is 0.844. The summed E-state index contributed by atoms with van der Waals surface area (Å²) in [7, 11) is 2.18. The molecule has 2 aliphatic rings. The average Bonchev–Trinajstić information content (AvgIpc) is 3.17. The Kier molecular flexibility index (Phi) is 5.38. The van der Waals surface area contributed by atoms with Crippen molar-refractivity contribution < 1.29 is 4.79 Å². The molecule has 4 rings (SSSR count). The average molecular weight is 368 g/mol. The van der Waals surface area contributed by atoms with Crippen LogP contribution in [-0.4, -0.2) is 64.8 Å². The van der Waals surface area contributed by atoms with Crippen molar-refractivity contribution in [2.24, 2.45) is 0 Å². The highest BCUT2D eigenvalue weighted by Gasteiger charge is 2.29. The number of carbonyl (C=O) groups is 1. The predicted octanol–water partition coefficient (Wildman–Crippen LogP) is 1.94. The van der Waals surface area contributed by atoms with Gasteiger partial charge in [-0.2, -0.15) is 5.10 Å². The van der Waals surface area contributed by atoms with Gasteiger partial charge in [-0.3, -0.25) is 9.48 Å². The Morgan fingerprint density at radius 3 is 2.89 bits per heavy atom. The summed E-state index contributed by atoms with van der Waals surface area (Å²) in [6, 6.07) is 6.74. The number of carbonyl (C=O) groups excluding carboxylic acids is 1. The smallest absolute Gasteiger partial charge is 0.252 e. The third-order valence-electron chi connectivity index (χ3n) is 5.78. The normalized spacial score (nSPS) is 21.1. The van der Waals surface area contributed by atoms with E-state index in [-0.39, 0.29) is 5.91 Å². The van der Waals surface area contributed by atoms with Gasteiger partial charge in [-0.15, -0.1) is 0 Å². The summed E-state index contributed by atoms with van der Waals surface area (Å²) in [6.07, 6.45) is 10.3. The van der Waals surface area contributed by atoms with Crippen LogP contribution in [0.2, 0.25) is 0 Å². The maximum atomic E-state index is 12.4. The molecule has 2 fully saturated rings. The van der Waals surface area contributed by atoms with Gasteiger partial charge in [0.15, 0.2) is 0 Å². The summed E-state index contributed by atoms with van der Waals surface area (Å²) < 4.78 is 1.99. The van der Waals surface area contributed by atoms with Crippen LogP contribution in [0.3, 0.4) is 0 Å². The molecular formula is C20H28N6O. The number of hydrogen-bond acceptors (Lipinski definition) is 5. The molecule has 144 valence electrons. The van der Waals surface area contributed by atoms with Gasteiger partial charge in [0.2, 0.25) is 0 Å². The van der Waals surface area contributed by atoms with Crippen molar-refractivity contribution in [2.75, 3.05) is 38.1 Å². The fourth-order valence-electron chi connectivity index (χ4n) is 3.98. The van der Waals surface area contributed by atoms with Crippen LogP contribution in [0.5, 0.6) is 0 Å². The number of nitrogens with zero attached hydrogens (tertiary/aromatic N) is 5. The number of hydrogen-bond donors (Lipinski definition) is 1. The van der Waals surface area contributed by atoms with E-state index in [4.69, 9.17) is 0 Å². The molecule has 7 heteroatoms. The number of aromatic nitrogens is 3. The molecule has 0 radical (unpaired) electrons. The Morgan fingerprint density at radius 2 is 2.19 bits per heavy atom. The Labute approximate surface area is 160 Å². The highest BCUT2D eigenvalue weighted by molar-refractivity contribution is 5.94. The molecule has 1 N–H and O–H groups in total. The first-order valence-electron chi connectivity index (χ1n) is 9.89. The van der Waals surface area contributed by atoms with Gasteiger partial charge in [0.05, 0.1) is 11.6 Å². The lowest BCUT2D eigenvalue weighted by molar-refractivity contribution is 0.0945. The molecule has 2 aliphatic heterocycles. The summed E-state index contributed by atoms with van der Waals surface area (Å²) in [5, 5.41) is 7.32. The van der Waals surface area contributed by atoms with E-state index in [2.05, 4.69) is 32.2 Å². The third kappa shape index (κ3) is 4.13. The zero-order valence-corrected chi connectivity index (χ0v) is 15.9. The van der Waals surface area contributed by atoms with E-state index in [0.717, 1.165) is 25.3 Å². The molecule has 2 aromatic heterocycles. The second-order valence-electron chi connectivity index (χ2n) is 7.62. The largest absolute Gasteiger partial charge is 0.352 e. The van der Waals surface area contributed by atoms with Gasteiger partial charge in [0.1, 0.15) is 5.82 Å². The monoisotopic (exact) mass is 368 g/mol. The molecule has 27 heavy (non-hydrogen) atoms. The lowest BCUT2D eigenvalue weighted by atomic mass is 10.0.